The van der Waals surface area contributed by atoms with E-state index in [1.807, 2.05) is 19.0 Å². The van der Waals surface area contributed by atoms with Gasteiger partial charge in [0.2, 0.25) is 11.8 Å². The molecule has 0 unspecified atom stereocenters. The molecule has 1 aromatic carbocycles. The molecule has 4 rings (SSSR count). The van der Waals surface area contributed by atoms with Gasteiger partial charge in [-0.3, -0.25) is 14.5 Å². The Morgan fingerprint density at radius 1 is 1.03 bits per heavy atom. The van der Waals surface area contributed by atoms with Crippen LogP contribution in [0.15, 0.2) is 24.3 Å². The fourth-order valence-electron chi connectivity index (χ4n) is 6.18. The third-order valence-corrected chi connectivity index (χ3v) is 8.45. The number of hydrogen-bond acceptors (Lipinski definition) is 5. The normalized spacial score (nSPS) is 24.5. The molecule has 1 saturated carbocycles. The highest BCUT2D eigenvalue weighted by Crippen LogP contribution is 2.37. The van der Waals surface area contributed by atoms with Crippen LogP contribution in [0.4, 0.5) is 5.69 Å². The van der Waals surface area contributed by atoms with Crippen LogP contribution in [0.5, 0.6) is 0 Å². The Balaban J connectivity index is 1.44. The van der Waals surface area contributed by atoms with Crippen LogP contribution in [0, 0.1) is 0 Å². The van der Waals surface area contributed by atoms with Crippen molar-refractivity contribution in [1.29, 1.82) is 0 Å². The van der Waals surface area contributed by atoms with Gasteiger partial charge in [-0.25, -0.2) is 0 Å². The lowest BCUT2D eigenvalue weighted by molar-refractivity contribution is -0.163. The standard InChI is InChI=1S/C28H44N4O3/c1-4-5-17-32-25(33)24(20-27(35)13-7-6-8-14-27)29-26(34)28(32)15-18-31(19-16-28)21-22-9-11-23(12-10-22)30(2)3/h9-12,24,35H,4-8,13-21H2,1-3H3,(H,29,34)/t24-/m1/s1. The van der Waals surface area contributed by atoms with Crippen LogP contribution < -0.4 is 10.2 Å². The van der Waals surface area contributed by atoms with E-state index in [1.54, 1.807) is 0 Å². The zero-order valence-corrected chi connectivity index (χ0v) is 21.9. The van der Waals surface area contributed by atoms with Crippen LogP contribution in [0.3, 0.4) is 0 Å². The van der Waals surface area contributed by atoms with Gasteiger partial charge in [0, 0.05) is 52.4 Å². The van der Waals surface area contributed by atoms with Gasteiger partial charge in [-0.1, -0.05) is 44.7 Å². The Morgan fingerprint density at radius 3 is 2.29 bits per heavy atom. The average molecular weight is 485 g/mol. The highest BCUT2D eigenvalue weighted by atomic mass is 16.3. The molecule has 0 aromatic heterocycles. The maximum Gasteiger partial charge on any atom is 0.246 e. The third-order valence-electron chi connectivity index (χ3n) is 8.45. The van der Waals surface area contributed by atoms with Crippen molar-refractivity contribution >= 4 is 17.5 Å². The van der Waals surface area contributed by atoms with Crippen LogP contribution in [0.2, 0.25) is 0 Å². The van der Waals surface area contributed by atoms with Gasteiger partial charge in [0.1, 0.15) is 11.6 Å². The molecule has 0 bridgehead atoms. The SMILES string of the molecule is CCCCN1C(=O)[C@@H](CC2(O)CCCCC2)NC(=O)C12CCN(Cc1ccc(N(C)C)cc1)CC2. The van der Waals surface area contributed by atoms with E-state index in [4.69, 9.17) is 0 Å². The minimum Gasteiger partial charge on any atom is -0.390 e. The van der Waals surface area contributed by atoms with E-state index in [0.717, 1.165) is 64.6 Å². The zero-order valence-electron chi connectivity index (χ0n) is 21.9. The van der Waals surface area contributed by atoms with Crippen molar-refractivity contribution in [1.82, 2.24) is 15.1 Å². The minimum absolute atomic E-state index is 0.00442. The molecule has 1 atom stereocenters. The average Bonchev–Trinajstić information content (AvgIpc) is 2.84. The van der Waals surface area contributed by atoms with Crippen LogP contribution >= 0.6 is 0 Å². The highest BCUT2D eigenvalue weighted by molar-refractivity contribution is 6.00. The van der Waals surface area contributed by atoms with Gasteiger partial charge >= 0.3 is 0 Å². The second-order valence-electron chi connectivity index (χ2n) is 11.2. The predicted octanol–water partition coefficient (Wildman–Crippen LogP) is 3.30. The number of carbonyl (C=O) groups excluding carboxylic acids is 2. The lowest BCUT2D eigenvalue weighted by Crippen LogP contribution is -2.73. The Kier molecular flexibility index (Phi) is 8.06. The van der Waals surface area contributed by atoms with Crippen molar-refractivity contribution in [2.75, 3.05) is 38.6 Å². The lowest BCUT2D eigenvalue weighted by Gasteiger charge is -2.52. The van der Waals surface area contributed by atoms with Gasteiger partial charge < -0.3 is 20.2 Å². The molecule has 3 aliphatic rings. The Labute approximate surface area is 210 Å². The number of piperazine rings is 1. The summed E-state index contributed by atoms with van der Waals surface area (Å²) in [7, 11) is 4.08. The largest absolute Gasteiger partial charge is 0.390 e. The van der Waals surface area contributed by atoms with Gasteiger partial charge in [-0.15, -0.1) is 0 Å². The summed E-state index contributed by atoms with van der Waals surface area (Å²) in [5, 5.41) is 14.2. The monoisotopic (exact) mass is 484 g/mol. The first-order valence-corrected chi connectivity index (χ1v) is 13.6. The van der Waals surface area contributed by atoms with Crippen molar-refractivity contribution in [2.45, 2.75) is 94.9 Å². The Hall–Kier alpha value is -2.12. The molecule has 1 aliphatic carbocycles. The maximum absolute atomic E-state index is 13.7. The van der Waals surface area contributed by atoms with Crippen LogP contribution in [0.25, 0.3) is 0 Å². The number of hydrogen-bond donors (Lipinski definition) is 2. The van der Waals surface area contributed by atoms with E-state index in [0.29, 0.717) is 25.8 Å². The first-order valence-electron chi connectivity index (χ1n) is 13.6. The van der Waals surface area contributed by atoms with E-state index in [2.05, 4.69) is 46.3 Å². The molecule has 7 nitrogen and oxygen atoms in total. The number of nitrogens with zero attached hydrogens (tertiary/aromatic N) is 3. The number of amides is 2. The van der Waals surface area contributed by atoms with E-state index >= 15 is 0 Å². The lowest BCUT2D eigenvalue weighted by atomic mass is 9.77. The smallest absolute Gasteiger partial charge is 0.246 e. The van der Waals surface area contributed by atoms with Crippen molar-refractivity contribution in [3.05, 3.63) is 29.8 Å². The molecule has 1 spiro atoms. The molecule has 194 valence electrons. The van der Waals surface area contributed by atoms with E-state index in [9.17, 15) is 14.7 Å². The molecule has 0 radical (unpaired) electrons. The van der Waals surface area contributed by atoms with Gasteiger partial charge in [0.05, 0.1) is 5.60 Å². The molecule has 2 amide bonds. The van der Waals surface area contributed by atoms with Gasteiger partial charge in [-0.2, -0.15) is 0 Å². The number of likely N-dealkylation sites (tertiary alicyclic amines) is 1. The maximum atomic E-state index is 13.7. The Morgan fingerprint density at radius 2 is 1.69 bits per heavy atom. The summed E-state index contributed by atoms with van der Waals surface area (Å²) in [6.45, 7) is 5.15. The quantitative estimate of drug-likeness (QED) is 0.592. The second kappa shape index (κ2) is 10.9. The van der Waals surface area contributed by atoms with Crippen LogP contribution in [-0.2, 0) is 16.1 Å². The van der Waals surface area contributed by atoms with Crippen molar-refractivity contribution in [3.8, 4) is 0 Å². The summed E-state index contributed by atoms with van der Waals surface area (Å²) < 4.78 is 0. The summed E-state index contributed by atoms with van der Waals surface area (Å²) in [6.07, 6.45) is 8.06. The van der Waals surface area contributed by atoms with Crippen LogP contribution in [0.1, 0.15) is 76.7 Å². The fourth-order valence-corrected chi connectivity index (χ4v) is 6.18. The van der Waals surface area contributed by atoms with Crippen LogP contribution in [-0.4, -0.2) is 77.6 Å². The number of unbranched alkanes of at least 4 members (excludes halogenated alkanes) is 1. The van der Waals surface area contributed by atoms with Crippen molar-refractivity contribution in [3.63, 3.8) is 0 Å². The number of nitrogens with one attached hydrogen (secondary N) is 1. The predicted molar refractivity (Wildman–Crippen MR) is 139 cm³/mol. The Bertz CT molecular complexity index is 871. The third kappa shape index (κ3) is 5.67. The molecule has 35 heavy (non-hydrogen) atoms. The molecule has 7 heteroatoms. The van der Waals surface area contributed by atoms with Gasteiger partial charge in [0.25, 0.3) is 0 Å². The molecule has 2 aliphatic heterocycles. The molecule has 3 fully saturated rings. The number of piperidine rings is 1. The zero-order chi connectivity index (χ0) is 25.1. The fraction of sp³-hybridized carbons (Fsp3) is 0.714. The topological polar surface area (TPSA) is 76.1 Å². The van der Waals surface area contributed by atoms with E-state index in [1.165, 1.54) is 11.3 Å². The summed E-state index contributed by atoms with van der Waals surface area (Å²) in [5.74, 6) is -0.0163. The second-order valence-corrected chi connectivity index (χ2v) is 11.2. The summed E-state index contributed by atoms with van der Waals surface area (Å²) in [5.41, 5.74) is 0.851. The van der Waals surface area contributed by atoms with Crippen molar-refractivity contribution < 1.29 is 14.7 Å². The number of anilines is 1. The minimum atomic E-state index is -0.835. The first kappa shape index (κ1) is 26.0. The molecular formula is C28H44N4O3. The van der Waals surface area contributed by atoms with Gasteiger partial charge in [0.15, 0.2) is 0 Å². The highest BCUT2D eigenvalue weighted by Gasteiger charge is 2.54. The molecule has 2 N–H and O–H groups in total. The number of benzene rings is 1. The summed E-state index contributed by atoms with van der Waals surface area (Å²) >= 11 is 0. The summed E-state index contributed by atoms with van der Waals surface area (Å²) in [6, 6.07) is 8.01. The number of aliphatic hydroxyl groups is 1. The van der Waals surface area contributed by atoms with E-state index in [-0.39, 0.29) is 11.8 Å². The van der Waals surface area contributed by atoms with Crippen molar-refractivity contribution in [2.24, 2.45) is 0 Å². The number of rotatable bonds is 8. The molecular weight excluding hydrogens is 440 g/mol. The molecule has 1 aromatic rings. The van der Waals surface area contributed by atoms with E-state index < -0.39 is 17.2 Å². The van der Waals surface area contributed by atoms with Gasteiger partial charge in [-0.05, 0) is 49.8 Å². The first-order chi connectivity index (χ1) is 16.8. The summed E-state index contributed by atoms with van der Waals surface area (Å²) in [4.78, 5) is 33.7. The molecule has 2 heterocycles. The number of carbonyl (C=O) groups is 2. The molecule has 2 saturated heterocycles.